The number of hydrogen-bond acceptors (Lipinski definition) is 2. The van der Waals surface area contributed by atoms with Crippen molar-refractivity contribution in [3.8, 4) is 0 Å². The van der Waals surface area contributed by atoms with Crippen LogP contribution in [0.3, 0.4) is 0 Å². The molecule has 1 atom stereocenters. The molecule has 3 rings (SSSR count). The molecule has 2 aliphatic carbocycles. The fourth-order valence-corrected chi connectivity index (χ4v) is 4.41. The fraction of sp³-hybridized carbons (Fsp3) is 0.875. The van der Waals surface area contributed by atoms with Gasteiger partial charge in [-0.1, -0.05) is 12.8 Å². The minimum atomic E-state index is -0.816. The Balaban J connectivity index is 1.62. The summed E-state index contributed by atoms with van der Waals surface area (Å²) in [6.45, 7) is 0.830. The molecular formula is C16H26N2O3. The fourth-order valence-electron chi connectivity index (χ4n) is 4.41. The summed E-state index contributed by atoms with van der Waals surface area (Å²) in [5, 5.41) is 12.1. The molecule has 21 heavy (non-hydrogen) atoms. The largest absolute Gasteiger partial charge is 0.481 e. The first-order chi connectivity index (χ1) is 10.1. The maximum atomic E-state index is 12.6. The van der Waals surface area contributed by atoms with E-state index in [1.165, 1.54) is 25.7 Å². The van der Waals surface area contributed by atoms with E-state index in [-0.39, 0.29) is 12.5 Å². The van der Waals surface area contributed by atoms with Crippen LogP contribution in [0.1, 0.15) is 64.2 Å². The summed E-state index contributed by atoms with van der Waals surface area (Å²) in [6.07, 6.45) is 9.94. The Kier molecular flexibility index (Phi) is 4.09. The van der Waals surface area contributed by atoms with Gasteiger partial charge in [0.15, 0.2) is 0 Å². The number of carbonyl (C=O) groups excluding carboxylic acids is 1. The molecule has 2 N–H and O–H groups in total. The summed E-state index contributed by atoms with van der Waals surface area (Å²) in [5.41, 5.74) is -0.480. The average molecular weight is 294 g/mol. The molecule has 0 aromatic rings. The number of urea groups is 1. The Labute approximate surface area is 126 Å². The van der Waals surface area contributed by atoms with Gasteiger partial charge in [0.25, 0.3) is 0 Å². The lowest BCUT2D eigenvalue weighted by Gasteiger charge is -2.43. The van der Waals surface area contributed by atoms with E-state index >= 15 is 0 Å². The van der Waals surface area contributed by atoms with E-state index in [0.29, 0.717) is 12.0 Å². The SMILES string of the molecule is O=C(O)CC1(NC(=O)N2CCCC2C2CCCC2)CCC1. The maximum Gasteiger partial charge on any atom is 0.318 e. The number of likely N-dealkylation sites (tertiary alicyclic amines) is 1. The first-order valence-electron chi connectivity index (χ1n) is 8.40. The van der Waals surface area contributed by atoms with Crippen molar-refractivity contribution in [2.75, 3.05) is 6.54 Å². The third kappa shape index (κ3) is 3.01. The number of rotatable bonds is 4. The third-order valence-electron chi connectivity index (χ3n) is 5.68. The molecule has 3 aliphatic rings. The zero-order chi connectivity index (χ0) is 14.9. The second-order valence-electron chi connectivity index (χ2n) is 7.08. The van der Waals surface area contributed by atoms with Crippen LogP contribution in [0.4, 0.5) is 4.79 Å². The minimum Gasteiger partial charge on any atom is -0.481 e. The highest BCUT2D eigenvalue weighted by molar-refractivity contribution is 5.77. The zero-order valence-corrected chi connectivity index (χ0v) is 12.6. The summed E-state index contributed by atoms with van der Waals surface area (Å²) >= 11 is 0. The highest BCUT2D eigenvalue weighted by atomic mass is 16.4. The van der Waals surface area contributed by atoms with Crippen molar-refractivity contribution < 1.29 is 14.7 Å². The maximum absolute atomic E-state index is 12.6. The van der Waals surface area contributed by atoms with Gasteiger partial charge in [0.05, 0.1) is 12.0 Å². The van der Waals surface area contributed by atoms with Crippen LogP contribution in [0.25, 0.3) is 0 Å². The van der Waals surface area contributed by atoms with Crippen LogP contribution in [0.5, 0.6) is 0 Å². The van der Waals surface area contributed by atoms with Gasteiger partial charge in [0, 0.05) is 12.6 Å². The molecule has 0 radical (unpaired) electrons. The molecule has 1 heterocycles. The van der Waals surface area contributed by atoms with Crippen LogP contribution < -0.4 is 5.32 Å². The molecule has 1 saturated heterocycles. The Morgan fingerprint density at radius 1 is 1.10 bits per heavy atom. The average Bonchev–Trinajstić information content (AvgIpc) is 3.05. The van der Waals surface area contributed by atoms with Gasteiger partial charge >= 0.3 is 12.0 Å². The van der Waals surface area contributed by atoms with E-state index in [1.54, 1.807) is 0 Å². The summed E-state index contributed by atoms with van der Waals surface area (Å²) in [6, 6.07) is 0.361. The summed E-state index contributed by atoms with van der Waals surface area (Å²) < 4.78 is 0. The lowest BCUT2D eigenvalue weighted by Crippen LogP contribution is -2.59. The second-order valence-corrected chi connectivity index (χ2v) is 7.08. The molecule has 1 aliphatic heterocycles. The van der Waals surface area contributed by atoms with Crippen molar-refractivity contribution >= 4 is 12.0 Å². The zero-order valence-electron chi connectivity index (χ0n) is 12.6. The number of nitrogens with one attached hydrogen (secondary N) is 1. The molecular weight excluding hydrogens is 268 g/mol. The topological polar surface area (TPSA) is 69.6 Å². The van der Waals surface area contributed by atoms with Crippen LogP contribution in [0.15, 0.2) is 0 Å². The number of hydrogen-bond donors (Lipinski definition) is 2. The third-order valence-corrected chi connectivity index (χ3v) is 5.68. The van der Waals surface area contributed by atoms with E-state index in [0.717, 1.165) is 38.6 Å². The van der Waals surface area contributed by atoms with Crippen LogP contribution in [-0.4, -0.2) is 40.1 Å². The van der Waals surface area contributed by atoms with Gasteiger partial charge in [-0.2, -0.15) is 0 Å². The van der Waals surface area contributed by atoms with Gasteiger partial charge in [0.2, 0.25) is 0 Å². The molecule has 5 nitrogen and oxygen atoms in total. The summed E-state index contributed by atoms with van der Waals surface area (Å²) in [4.78, 5) is 25.6. The van der Waals surface area contributed by atoms with Crippen LogP contribution in [-0.2, 0) is 4.79 Å². The first-order valence-corrected chi connectivity index (χ1v) is 8.40. The Hall–Kier alpha value is -1.26. The van der Waals surface area contributed by atoms with Gasteiger partial charge in [0.1, 0.15) is 0 Å². The van der Waals surface area contributed by atoms with Gasteiger partial charge in [-0.15, -0.1) is 0 Å². The number of amides is 2. The normalized spacial score (nSPS) is 28.4. The van der Waals surface area contributed by atoms with Crippen LogP contribution in [0, 0.1) is 5.92 Å². The van der Waals surface area contributed by atoms with Gasteiger partial charge in [-0.05, 0) is 50.9 Å². The van der Waals surface area contributed by atoms with E-state index in [9.17, 15) is 9.59 Å². The monoisotopic (exact) mass is 294 g/mol. The molecule has 0 aromatic carbocycles. The highest BCUT2D eigenvalue weighted by Gasteiger charge is 2.43. The van der Waals surface area contributed by atoms with Crippen molar-refractivity contribution in [2.45, 2.75) is 75.8 Å². The lowest BCUT2D eigenvalue weighted by atomic mass is 9.74. The molecule has 118 valence electrons. The smallest absolute Gasteiger partial charge is 0.318 e. The number of carbonyl (C=O) groups is 2. The van der Waals surface area contributed by atoms with E-state index < -0.39 is 11.5 Å². The quantitative estimate of drug-likeness (QED) is 0.837. The number of carboxylic acid groups (broad SMARTS) is 1. The molecule has 2 saturated carbocycles. The summed E-state index contributed by atoms with van der Waals surface area (Å²) in [5.74, 6) is -0.154. The van der Waals surface area contributed by atoms with Crippen LogP contribution >= 0.6 is 0 Å². The Bertz CT molecular complexity index is 414. The molecule has 0 spiro atoms. The van der Waals surface area contributed by atoms with Gasteiger partial charge in [-0.25, -0.2) is 4.79 Å². The Morgan fingerprint density at radius 3 is 2.38 bits per heavy atom. The van der Waals surface area contributed by atoms with Gasteiger partial charge in [-0.3, -0.25) is 4.79 Å². The number of nitrogens with zero attached hydrogens (tertiary/aromatic N) is 1. The highest BCUT2D eigenvalue weighted by Crippen LogP contribution is 2.38. The van der Waals surface area contributed by atoms with Crippen molar-refractivity contribution in [3.63, 3.8) is 0 Å². The molecule has 1 unspecified atom stereocenters. The van der Waals surface area contributed by atoms with Gasteiger partial charge < -0.3 is 15.3 Å². The van der Waals surface area contributed by atoms with Crippen molar-refractivity contribution in [1.82, 2.24) is 10.2 Å². The molecule has 5 heteroatoms. The molecule has 0 aromatic heterocycles. The van der Waals surface area contributed by atoms with E-state index in [1.807, 2.05) is 4.90 Å². The second kappa shape index (κ2) is 5.85. The van der Waals surface area contributed by atoms with E-state index in [4.69, 9.17) is 5.11 Å². The lowest BCUT2D eigenvalue weighted by molar-refractivity contribution is -0.139. The number of aliphatic carboxylic acids is 1. The van der Waals surface area contributed by atoms with Crippen molar-refractivity contribution in [2.24, 2.45) is 5.92 Å². The minimum absolute atomic E-state index is 0.0228. The molecule has 3 fully saturated rings. The molecule has 0 bridgehead atoms. The first kappa shape index (κ1) is 14.7. The summed E-state index contributed by atoms with van der Waals surface area (Å²) in [7, 11) is 0. The van der Waals surface area contributed by atoms with Crippen molar-refractivity contribution in [1.29, 1.82) is 0 Å². The Morgan fingerprint density at radius 2 is 1.81 bits per heavy atom. The predicted octanol–water partition coefficient (Wildman–Crippen LogP) is 2.75. The number of carboxylic acids is 1. The van der Waals surface area contributed by atoms with Crippen molar-refractivity contribution in [3.05, 3.63) is 0 Å². The molecule has 2 amide bonds. The van der Waals surface area contributed by atoms with Crippen LogP contribution in [0.2, 0.25) is 0 Å². The predicted molar refractivity (Wildman–Crippen MR) is 79.1 cm³/mol. The van der Waals surface area contributed by atoms with E-state index in [2.05, 4.69) is 5.32 Å². The standard InChI is InChI=1S/C16H26N2O3/c19-14(20)11-16(8-4-9-16)17-15(21)18-10-3-7-13(18)12-5-1-2-6-12/h12-13H,1-11H2,(H,17,21)(H,19,20).